The molecule has 2 bridgehead atoms. The fourth-order valence-electron chi connectivity index (χ4n) is 4.25. The van der Waals surface area contributed by atoms with Gasteiger partial charge in [0.25, 0.3) is 0 Å². The van der Waals surface area contributed by atoms with Crippen molar-refractivity contribution in [3.63, 3.8) is 0 Å². The Morgan fingerprint density at radius 3 is 2.65 bits per heavy atom. The highest BCUT2D eigenvalue weighted by Crippen LogP contribution is 2.34. The first-order valence-electron chi connectivity index (χ1n) is 8.91. The summed E-state index contributed by atoms with van der Waals surface area (Å²) in [7, 11) is 0. The van der Waals surface area contributed by atoms with Crippen LogP contribution in [0.1, 0.15) is 30.4 Å². The smallest absolute Gasteiger partial charge is 0.228 e. The highest BCUT2D eigenvalue weighted by atomic mass is 16.5. The van der Waals surface area contributed by atoms with Gasteiger partial charge in [0.15, 0.2) is 0 Å². The molecule has 1 aromatic carbocycles. The summed E-state index contributed by atoms with van der Waals surface area (Å²) in [5, 5.41) is 0. The van der Waals surface area contributed by atoms with Crippen LogP contribution in [0, 0.1) is 12.8 Å². The van der Waals surface area contributed by atoms with E-state index in [2.05, 4.69) is 41.0 Å². The first kappa shape index (κ1) is 15.2. The number of benzene rings is 1. The Balaban J connectivity index is 1.39. The number of aryl methyl sites for hydroxylation is 1. The van der Waals surface area contributed by atoms with Gasteiger partial charge in [0, 0.05) is 32.7 Å². The van der Waals surface area contributed by atoms with E-state index in [0.717, 1.165) is 52.0 Å². The van der Waals surface area contributed by atoms with E-state index in [1.165, 1.54) is 11.1 Å². The number of morpholine rings is 1. The summed E-state index contributed by atoms with van der Waals surface area (Å²) in [5.41, 5.74) is 2.64. The number of hydrogen-bond acceptors (Lipinski definition) is 3. The zero-order chi connectivity index (χ0) is 15.8. The minimum Gasteiger partial charge on any atom is -0.371 e. The van der Waals surface area contributed by atoms with E-state index in [4.69, 9.17) is 4.74 Å². The number of likely N-dealkylation sites (tertiary alicyclic amines) is 2. The third kappa shape index (κ3) is 3.15. The molecule has 0 N–H and O–H groups in total. The van der Waals surface area contributed by atoms with Crippen LogP contribution in [-0.2, 0) is 16.1 Å². The van der Waals surface area contributed by atoms with Gasteiger partial charge in [0.1, 0.15) is 0 Å². The van der Waals surface area contributed by atoms with Gasteiger partial charge < -0.3 is 9.64 Å². The molecule has 0 aliphatic carbocycles. The van der Waals surface area contributed by atoms with E-state index in [0.29, 0.717) is 5.91 Å². The van der Waals surface area contributed by atoms with Gasteiger partial charge >= 0.3 is 0 Å². The molecule has 23 heavy (non-hydrogen) atoms. The summed E-state index contributed by atoms with van der Waals surface area (Å²) in [4.78, 5) is 17.2. The van der Waals surface area contributed by atoms with Crippen molar-refractivity contribution >= 4 is 5.91 Å². The molecule has 3 unspecified atom stereocenters. The van der Waals surface area contributed by atoms with Crippen LogP contribution in [0.3, 0.4) is 0 Å². The summed E-state index contributed by atoms with van der Waals surface area (Å²) in [6.45, 7) is 6.80. The average molecular weight is 314 g/mol. The molecule has 4 nitrogen and oxygen atoms in total. The van der Waals surface area contributed by atoms with Gasteiger partial charge in [-0.05, 0) is 31.7 Å². The second kappa shape index (κ2) is 6.25. The summed E-state index contributed by atoms with van der Waals surface area (Å²) < 4.78 is 6.09. The maximum Gasteiger partial charge on any atom is 0.228 e. The molecular formula is C19H26N2O2. The summed E-state index contributed by atoms with van der Waals surface area (Å²) in [6, 6.07) is 8.76. The largest absolute Gasteiger partial charge is 0.371 e. The maximum absolute atomic E-state index is 12.7. The molecule has 4 rings (SSSR count). The van der Waals surface area contributed by atoms with Crippen LogP contribution in [0.4, 0.5) is 0 Å². The van der Waals surface area contributed by atoms with Crippen LogP contribution >= 0.6 is 0 Å². The lowest BCUT2D eigenvalue weighted by Crippen LogP contribution is -2.45. The van der Waals surface area contributed by atoms with Crippen LogP contribution in [-0.4, -0.2) is 54.1 Å². The van der Waals surface area contributed by atoms with Gasteiger partial charge in [0.2, 0.25) is 5.91 Å². The molecular weight excluding hydrogens is 288 g/mol. The number of carbonyl (C=O) groups is 1. The van der Waals surface area contributed by atoms with E-state index >= 15 is 0 Å². The number of amides is 1. The van der Waals surface area contributed by atoms with Gasteiger partial charge in [-0.2, -0.15) is 0 Å². The van der Waals surface area contributed by atoms with E-state index in [-0.39, 0.29) is 18.1 Å². The number of ether oxygens (including phenoxy) is 1. The van der Waals surface area contributed by atoms with Crippen LogP contribution < -0.4 is 0 Å². The molecule has 3 aliphatic heterocycles. The molecule has 0 radical (unpaired) electrons. The van der Waals surface area contributed by atoms with Crippen molar-refractivity contribution in [2.45, 2.75) is 44.9 Å². The number of fused-ring (bicyclic) bond motifs is 2. The Morgan fingerprint density at radius 1 is 1.17 bits per heavy atom. The van der Waals surface area contributed by atoms with E-state index < -0.39 is 0 Å². The number of rotatable bonds is 3. The van der Waals surface area contributed by atoms with E-state index in [9.17, 15) is 4.79 Å². The maximum atomic E-state index is 12.7. The molecule has 1 amide bonds. The standard InChI is InChI=1S/C19H26N2O2/c1-14-4-6-15(7-5-14)11-20-12-16-10-17(18(13-20)23-16)19(22)21-8-2-3-9-21/h4-7,16-18H,2-3,8-13H2,1H3. The predicted molar refractivity (Wildman–Crippen MR) is 89.0 cm³/mol. The lowest BCUT2D eigenvalue weighted by atomic mass is 9.99. The van der Waals surface area contributed by atoms with Crippen molar-refractivity contribution in [1.29, 1.82) is 0 Å². The Hall–Kier alpha value is -1.39. The molecule has 1 aromatic rings. The normalized spacial score (nSPS) is 30.8. The van der Waals surface area contributed by atoms with E-state index in [1.54, 1.807) is 0 Å². The quantitative estimate of drug-likeness (QED) is 0.857. The zero-order valence-corrected chi connectivity index (χ0v) is 13.9. The minimum absolute atomic E-state index is 0.0844. The van der Waals surface area contributed by atoms with Crippen molar-refractivity contribution in [2.24, 2.45) is 5.92 Å². The molecule has 3 aliphatic rings. The first-order chi connectivity index (χ1) is 11.2. The van der Waals surface area contributed by atoms with Crippen LogP contribution in [0.15, 0.2) is 24.3 Å². The van der Waals surface area contributed by atoms with Crippen LogP contribution in [0.2, 0.25) is 0 Å². The summed E-state index contributed by atoms with van der Waals surface area (Å²) in [5.74, 6) is 0.424. The van der Waals surface area contributed by atoms with Crippen molar-refractivity contribution in [1.82, 2.24) is 9.80 Å². The molecule has 3 saturated heterocycles. The zero-order valence-electron chi connectivity index (χ0n) is 13.9. The monoisotopic (exact) mass is 314 g/mol. The SMILES string of the molecule is Cc1ccc(CN2CC3CC(C(=O)N4CCCC4)C(C2)O3)cc1. The van der Waals surface area contributed by atoms with Crippen molar-refractivity contribution in [2.75, 3.05) is 26.2 Å². The lowest BCUT2D eigenvalue weighted by molar-refractivity contribution is -0.137. The van der Waals surface area contributed by atoms with Crippen molar-refractivity contribution in [3.05, 3.63) is 35.4 Å². The minimum atomic E-state index is 0.0844. The first-order valence-corrected chi connectivity index (χ1v) is 8.91. The highest BCUT2D eigenvalue weighted by molar-refractivity contribution is 5.80. The molecule has 3 fully saturated rings. The second-order valence-corrected chi connectivity index (χ2v) is 7.35. The molecule has 124 valence electrons. The Kier molecular flexibility index (Phi) is 4.12. The fraction of sp³-hybridized carbons (Fsp3) is 0.632. The van der Waals surface area contributed by atoms with Crippen LogP contribution in [0.5, 0.6) is 0 Å². The van der Waals surface area contributed by atoms with Gasteiger partial charge in [-0.1, -0.05) is 29.8 Å². The highest BCUT2D eigenvalue weighted by Gasteiger charge is 2.45. The van der Waals surface area contributed by atoms with Gasteiger partial charge in [-0.3, -0.25) is 9.69 Å². The van der Waals surface area contributed by atoms with Gasteiger partial charge in [-0.25, -0.2) is 0 Å². The third-order valence-electron chi connectivity index (χ3n) is 5.49. The number of carbonyl (C=O) groups excluding carboxylic acids is 1. The van der Waals surface area contributed by atoms with Gasteiger partial charge in [0.05, 0.1) is 18.1 Å². The Labute approximate surface area is 138 Å². The molecule has 3 atom stereocenters. The molecule has 3 heterocycles. The van der Waals surface area contributed by atoms with Crippen LogP contribution in [0.25, 0.3) is 0 Å². The van der Waals surface area contributed by atoms with Crippen molar-refractivity contribution in [3.8, 4) is 0 Å². The fourth-order valence-corrected chi connectivity index (χ4v) is 4.25. The third-order valence-corrected chi connectivity index (χ3v) is 5.49. The summed E-state index contributed by atoms with van der Waals surface area (Å²) in [6.07, 6.45) is 3.55. The van der Waals surface area contributed by atoms with E-state index in [1.807, 2.05) is 0 Å². The Bertz CT molecular complexity index is 565. The number of nitrogens with zero attached hydrogens (tertiary/aromatic N) is 2. The lowest BCUT2D eigenvalue weighted by Gasteiger charge is -2.33. The molecule has 0 saturated carbocycles. The predicted octanol–water partition coefficient (Wildman–Crippen LogP) is 2.21. The Morgan fingerprint density at radius 2 is 1.91 bits per heavy atom. The molecule has 0 spiro atoms. The summed E-state index contributed by atoms with van der Waals surface area (Å²) >= 11 is 0. The molecule has 4 heteroatoms. The van der Waals surface area contributed by atoms with Gasteiger partial charge in [-0.15, -0.1) is 0 Å². The topological polar surface area (TPSA) is 32.8 Å². The number of hydrogen-bond donors (Lipinski definition) is 0. The van der Waals surface area contributed by atoms with Crippen molar-refractivity contribution < 1.29 is 9.53 Å². The second-order valence-electron chi connectivity index (χ2n) is 7.35. The molecule has 0 aromatic heterocycles. The average Bonchev–Trinajstić information content (AvgIpc) is 3.17.